The molecular weight excluding hydrogens is 196 g/mol. The van der Waals surface area contributed by atoms with E-state index in [-0.39, 0.29) is 0 Å². The van der Waals surface area contributed by atoms with Crippen molar-refractivity contribution in [2.45, 2.75) is 20.8 Å². The standard InChI is InChI=1S/C14H24N2/c1-5-13(3)7-8-14(4)16-11-9-15(6-2)10-12-16/h5,7-8H,1,6,9-12H2,2-4H3/b13-7-,14-8+. The van der Waals surface area contributed by atoms with Gasteiger partial charge < -0.3 is 9.80 Å². The predicted molar refractivity (Wildman–Crippen MR) is 71.4 cm³/mol. The van der Waals surface area contributed by atoms with Crippen molar-refractivity contribution in [3.05, 3.63) is 36.1 Å². The van der Waals surface area contributed by atoms with Crippen LogP contribution in [0.1, 0.15) is 20.8 Å². The average molecular weight is 220 g/mol. The third kappa shape index (κ3) is 3.86. The molecule has 1 saturated heterocycles. The Labute approximate surface area is 99.9 Å². The van der Waals surface area contributed by atoms with Crippen LogP contribution < -0.4 is 0 Å². The molecule has 0 N–H and O–H groups in total. The molecule has 90 valence electrons. The first-order valence-corrected chi connectivity index (χ1v) is 6.12. The number of hydrogen-bond acceptors (Lipinski definition) is 2. The fourth-order valence-electron chi connectivity index (χ4n) is 1.84. The van der Waals surface area contributed by atoms with Gasteiger partial charge in [-0.25, -0.2) is 0 Å². The summed E-state index contributed by atoms with van der Waals surface area (Å²) < 4.78 is 0. The minimum atomic E-state index is 1.15. The maximum absolute atomic E-state index is 3.75. The molecule has 16 heavy (non-hydrogen) atoms. The summed E-state index contributed by atoms with van der Waals surface area (Å²) in [5, 5.41) is 0. The van der Waals surface area contributed by atoms with Crippen LogP contribution in [0.3, 0.4) is 0 Å². The SMILES string of the molecule is C=C/C(C)=C\C=C(/C)N1CCN(CC)CC1. The highest BCUT2D eigenvalue weighted by molar-refractivity contribution is 5.21. The second kappa shape index (κ2) is 6.54. The van der Waals surface area contributed by atoms with Gasteiger partial charge in [0.05, 0.1) is 0 Å². The van der Waals surface area contributed by atoms with Gasteiger partial charge >= 0.3 is 0 Å². The summed E-state index contributed by atoms with van der Waals surface area (Å²) in [6, 6.07) is 0. The molecule has 0 aromatic rings. The van der Waals surface area contributed by atoms with Crippen LogP contribution in [0.5, 0.6) is 0 Å². The molecular formula is C14H24N2. The first-order chi connectivity index (χ1) is 7.67. The number of hydrogen-bond donors (Lipinski definition) is 0. The van der Waals surface area contributed by atoms with Gasteiger partial charge in [0, 0.05) is 31.9 Å². The first-order valence-electron chi connectivity index (χ1n) is 6.12. The first kappa shape index (κ1) is 13.0. The largest absolute Gasteiger partial charge is 0.372 e. The van der Waals surface area contributed by atoms with E-state index in [1.54, 1.807) is 0 Å². The Morgan fingerprint density at radius 3 is 2.25 bits per heavy atom. The molecule has 0 radical (unpaired) electrons. The lowest BCUT2D eigenvalue weighted by Gasteiger charge is -2.35. The van der Waals surface area contributed by atoms with E-state index in [1.807, 2.05) is 6.08 Å². The highest BCUT2D eigenvalue weighted by Crippen LogP contribution is 2.09. The van der Waals surface area contributed by atoms with Gasteiger partial charge in [-0.3, -0.25) is 0 Å². The third-order valence-electron chi connectivity index (χ3n) is 3.23. The van der Waals surface area contributed by atoms with Crippen molar-refractivity contribution in [1.29, 1.82) is 0 Å². The Balaban J connectivity index is 2.50. The van der Waals surface area contributed by atoms with Crippen molar-refractivity contribution in [1.82, 2.24) is 9.80 Å². The smallest absolute Gasteiger partial charge is 0.0303 e. The molecule has 0 amide bonds. The summed E-state index contributed by atoms with van der Waals surface area (Å²) in [5.41, 5.74) is 2.57. The van der Waals surface area contributed by atoms with Crippen LogP contribution in [0.15, 0.2) is 36.1 Å². The molecule has 1 aliphatic heterocycles. The third-order valence-corrected chi connectivity index (χ3v) is 3.23. The molecule has 1 aliphatic rings. The molecule has 0 spiro atoms. The zero-order valence-electron chi connectivity index (χ0n) is 10.9. The van der Waals surface area contributed by atoms with E-state index in [0.717, 1.165) is 13.1 Å². The normalized spacial score (nSPS) is 20.1. The van der Waals surface area contributed by atoms with Gasteiger partial charge in [-0.2, -0.15) is 0 Å². The van der Waals surface area contributed by atoms with Crippen molar-refractivity contribution in [2.24, 2.45) is 0 Å². The zero-order chi connectivity index (χ0) is 12.0. The molecule has 0 atom stereocenters. The van der Waals surface area contributed by atoms with E-state index >= 15 is 0 Å². The summed E-state index contributed by atoms with van der Waals surface area (Å²) in [4.78, 5) is 4.95. The van der Waals surface area contributed by atoms with Crippen molar-refractivity contribution < 1.29 is 0 Å². The lowest BCUT2D eigenvalue weighted by atomic mass is 10.2. The van der Waals surface area contributed by atoms with Crippen LogP contribution in [-0.2, 0) is 0 Å². The monoisotopic (exact) mass is 220 g/mol. The molecule has 2 heteroatoms. The summed E-state index contributed by atoms with van der Waals surface area (Å²) in [6.45, 7) is 16.1. The van der Waals surface area contributed by atoms with Gasteiger partial charge in [-0.1, -0.05) is 31.2 Å². The van der Waals surface area contributed by atoms with E-state index in [2.05, 4.69) is 49.3 Å². The second-order valence-electron chi connectivity index (χ2n) is 4.34. The maximum Gasteiger partial charge on any atom is 0.0303 e. The Kier molecular flexibility index (Phi) is 5.33. The molecule has 1 heterocycles. The minimum absolute atomic E-state index is 1.15. The summed E-state index contributed by atoms with van der Waals surface area (Å²) in [6.07, 6.45) is 6.21. The van der Waals surface area contributed by atoms with Crippen LogP contribution in [0, 0.1) is 0 Å². The predicted octanol–water partition coefficient (Wildman–Crippen LogP) is 2.66. The molecule has 0 saturated carbocycles. The van der Waals surface area contributed by atoms with E-state index < -0.39 is 0 Å². The Hall–Kier alpha value is -1.02. The minimum Gasteiger partial charge on any atom is -0.372 e. The summed E-state index contributed by atoms with van der Waals surface area (Å²) in [7, 11) is 0. The number of rotatable bonds is 4. The van der Waals surface area contributed by atoms with Gasteiger partial charge in [0.15, 0.2) is 0 Å². The zero-order valence-corrected chi connectivity index (χ0v) is 10.9. The second-order valence-corrected chi connectivity index (χ2v) is 4.34. The molecule has 0 bridgehead atoms. The molecule has 0 aromatic carbocycles. The molecule has 0 aliphatic carbocycles. The van der Waals surface area contributed by atoms with Gasteiger partial charge in [0.25, 0.3) is 0 Å². The van der Waals surface area contributed by atoms with Gasteiger partial charge in [0.2, 0.25) is 0 Å². The molecule has 0 unspecified atom stereocenters. The Bertz CT molecular complexity index is 281. The Morgan fingerprint density at radius 2 is 1.75 bits per heavy atom. The topological polar surface area (TPSA) is 6.48 Å². The van der Waals surface area contributed by atoms with Crippen molar-refractivity contribution in [3.8, 4) is 0 Å². The lowest BCUT2D eigenvalue weighted by Crippen LogP contribution is -2.45. The molecule has 1 rings (SSSR count). The average Bonchev–Trinajstić information content (AvgIpc) is 2.35. The van der Waals surface area contributed by atoms with Gasteiger partial charge in [0.1, 0.15) is 0 Å². The fraction of sp³-hybridized carbons (Fsp3) is 0.571. The molecule has 0 aromatic heterocycles. The van der Waals surface area contributed by atoms with Crippen LogP contribution in [-0.4, -0.2) is 42.5 Å². The number of piperazine rings is 1. The van der Waals surface area contributed by atoms with E-state index in [9.17, 15) is 0 Å². The van der Waals surface area contributed by atoms with Crippen LogP contribution in [0.4, 0.5) is 0 Å². The van der Waals surface area contributed by atoms with Crippen LogP contribution >= 0.6 is 0 Å². The number of likely N-dealkylation sites (N-methyl/N-ethyl adjacent to an activating group) is 1. The van der Waals surface area contributed by atoms with Crippen molar-refractivity contribution >= 4 is 0 Å². The maximum atomic E-state index is 3.75. The highest BCUT2D eigenvalue weighted by Gasteiger charge is 2.14. The van der Waals surface area contributed by atoms with Crippen molar-refractivity contribution in [3.63, 3.8) is 0 Å². The van der Waals surface area contributed by atoms with Gasteiger partial charge in [-0.15, -0.1) is 0 Å². The summed E-state index contributed by atoms with van der Waals surface area (Å²) in [5.74, 6) is 0. The quantitative estimate of drug-likeness (QED) is 0.672. The molecule has 1 fully saturated rings. The van der Waals surface area contributed by atoms with Crippen LogP contribution in [0.25, 0.3) is 0 Å². The fourth-order valence-corrected chi connectivity index (χ4v) is 1.84. The van der Waals surface area contributed by atoms with Crippen LogP contribution in [0.2, 0.25) is 0 Å². The highest BCUT2D eigenvalue weighted by atomic mass is 15.3. The van der Waals surface area contributed by atoms with E-state index in [1.165, 1.54) is 30.9 Å². The molecule has 2 nitrogen and oxygen atoms in total. The van der Waals surface area contributed by atoms with Crippen molar-refractivity contribution in [2.75, 3.05) is 32.7 Å². The van der Waals surface area contributed by atoms with E-state index in [0.29, 0.717) is 0 Å². The van der Waals surface area contributed by atoms with E-state index in [4.69, 9.17) is 0 Å². The number of nitrogens with zero attached hydrogens (tertiary/aromatic N) is 2. The number of allylic oxidation sites excluding steroid dienone is 5. The summed E-state index contributed by atoms with van der Waals surface area (Å²) >= 11 is 0. The Morgan fingerprint density at radius 1 is 1.12 bits per heavy atom. The lowest BCUT2D eigenvalue weighted by molar-refractivity contribution is 0.165. The van der Waals surface area contributed by atoms with Gasteiger partial charge in [-0.05, 0) is 26.5 Å².